The largest absolute Gasteiger partial charge is 0.409 e. The first-order chi connectivity index (χ1) is 8.24. The third kappa shape index (κ3) is 2.52. The third-order valence-electron chi connectivity index (χ3n) is 3.50. The second-order valence-electron chi connectivity index (χ2n) is 4.54. The lowest BCUT2D eigenvalue weighted by Crippen LogP contribution is -2.20. The zero-order valence-electron chi connectivity index (χ0n) is 10.1. The van der Waals surface area contributed by atoms with Crippen molar-refractivity contribution < 1.29 is 5.21 Å². The van der Waals surface area contributed by atoms with E-state index in [1.165, 1.54) is 18.5 Å². The molecule has 1 aromatic rings. The Morgan fingerprint density at radius 1 is 1.47 bits per heavy atom. The van der Waals surface area contributed by atoms with E-state index in [1.54, 1.807) is 0 Å². The van der Waals surface area contributed by atoms with Crippen molar-refractivity contribution >= 4 is 11.5 Å². The molecule has 1 aromatic carbocycles. The Morgan fingerprint density at radius 3 is 2.71 bits per heavy atom. The number of nitrogens with zero attached hydrogens (tertiary/aromatic N) is 2. The SMILES string of the molecule is CCC1CCN(c2ccc(/C(N)=N/O)cc2)C1. The molecule has 0 saturated carbocycles. The zero-order valence-corrected chi connectivity index (χ0v) is 10.1. The van der Waals surface area contributed by atoms with Gasteiger partial charge in [0.1, 0.15) is 0 Å². The summed E-state index contributed by atoms with van der Waals surface area (Å²) in [6, 6.07) is 7.85. The van der Waals surface area contributed by atoms with Gasteiger partial charge in [-0.3, -0.25) is 0 Å². The molecule has 1 unspecified atom stereocenters. The molecule has 1 fully saturated rings. The fourth-order valence-corrected chi connectivity index (χ4v) is 2.30. The van der Waals surface area contributed by atoms with Gasteiger partial charge in [-0.2, -0.15) is 0 Å². The first-order valence-corrected chi connectivity index (χ1v) is 6.07. The van der Waals surface area contributed by atoms with Crippen molar-refractivity contribution in [3.63, 3.8) is 0 Å². The van der Waals surface area contributed by atoms with E-state index in [2.05, 4.69) is 17.0 Å². The van der Waals surface area contributed by atoms with Gasteiger partial charge < -0.3 is 15.8 Å². The molecule has 4 nitrogen and oxygen atoms in total. The molecule has 1 atom stereocenters. The Kier molecular flexibility index (Phi) is 3.52. The normalized spacial score (nSPS) is 20.9. The molecule has 92 valence electrons. The standard InChI is InChI=1S/C13H19N3O/c1-2-10-7-8-16(9-10)12-5-3-11(4-6-12)13(14)15-17/h3-6,10,17H,2,7-9H2,1H3,(H2,14,15). The number of amidine groups is 1. The number of hydrogen-bond acceptors (Lipinski definition) is 3. The summed E-state index contributed by atoms with van der Waals surface area (Å²) < 4.78 is 0. The van der Waals surface area contributed by atoms with Crippen molar-refractivity contribution in [3.8, 4) is 0 Å². The van der Waals surface area contributed by atoms with Gasteiger partial charge >= 0.3 is 0 Å². The molecule has 2 rings (SSSR count). The van der Waals surface area contributed by atoms with Crippen LogP contribution >= 0.6 is 0 Å². The summed E-state index contributed by atoms with van der Waals surface area (Å²) >= 11 is 0. The van der Waals surface area contributed by atoms with Crippen molar-refractivity contribution in [1.29, 1.82) is 0 Å². The van der Waals surface area contributed by atoms with E-state index >= 15 is 0 Å². The lowest BCUT2D eigenvalue weighted by molar-refractivity contribution is 0.318. The molecule has 0 amide bonds. The first kappa shape index (κ1) is 11.8. The van der Waals surface area contributed by atoms with Crippen LogP contribution in [0.4, 0.5) is 5.69 Å². The van der Waals surface area contributed by atoms with Crippen LogP contribution in [0.25, 0.3) is 0 Å². The number of oxime groups is 1. The van der Waals surface area contributed by atoms with Crippen LogP contribution < -0.4 is 10.6 Å². The van der Waals surface area contributed by atoms with Gasteiger partial charge in [-0.25, -0.2) is 0 Å². The molecule has 0 spiro atoms. The molecule has 0 aromatic heterocycles. The summed E-state index contributed by atoms with van der Waals surface area (Å²) in [5.74, 6) is 0.975. The molecule has 3 N–H and O–H groups in total. The van der Waals surface area contributed by atoms with Gasteiger partial charge in [-0.15, -0.1) is 0 Å². The van der Waals surface area contributed by atoms with Crippen molar-refractivity contribution in [2.24, 2.45) is 16.8 Å². The lowest BCUT2D eigenvalue weighted by atomic mass is 10.1. The number of rotatable bonds is 3. The zero-order chi connectivity index (χ0) is 12.3. The topological polar surface area (TPSA) is 61.8 Å². The van der Waals surface area contributed by atoms with Crippen LogP contribution in [-0.2, 0) is 0 Å². The lowest BCUT2D eigenvalue weighted by Gasteiger charge is -2.18. The summed E-state index contributed by atoms with van der Waals surface area (Å²) in [5.41, 5.74) is 7.50. The first-order valence-electron chi connectivity index (χ1n) is 6.07. The van der Waals surface area contributed by atoms with Crippen molar-refractivity contribution in [1.82, 2.24) is 0 Å². The van der Waals surface area contributed by atoms with Crippen molar-refractivity contribution in [2.45, 2.75) is 19.8 Å². The highest BCUT2D eigenvalue weighted by Gasteiger charge is 2.20. The predicted molar refractivity (Wildman–Crippen MR) is 69.6 cm³/mol. The molecular weight excluding hydrogens is 214 g/mol. The Morgan fingerprint density at radius 2 is 2.18 bits per heavy atom. The minimum absolute atomic E-state index is 0.157. The molecule has 1 saturated heterocycles. The van der Waals surface area contributed by atoms with Crippen LogP contribution in [0.15, 0.2) is 29.4 Å². The Labute approximate surface area is 102 Å². The fraction of sp³-hybridized carbons (Fsp3) is 0.462. The smallest absolute Gasteiger partial charge is 0.170 e. The maximum Gasteiger partial charge on any atom is 0.170 e. The highest BCUT2D eigenvalue weighted by atomic mass is 16.4. The molecule has 4 heteroatoms. The van der Waals surface area contributed by atoms with Gasteiger partial charge in [0.05, 0.1) is 0 Å². The average molecular weight is 233 g/mol. The van der Waals surface area contributed by atoms with Crippen LogP contribution in [0, 0.1) is 5.92 Å². The number of anilines is 1. The molecular formula is C13H19N3O. The summed E-state index contributed by atoms with van der Waals surface area (Å²) in [5, 5.41) is 11.6. The Balaban J connectivity index is 2.08. The van der Waals surface area contributed by atoms with Gasteiger partial charge in [-0.05, 0) is 36.6 Å². The fourth-order valence-electron chi connectivity index (χ4n) is 2.30. The minimum Gasteiger partial charge on any atom is -0.409 e. The molecule has 0 aliphatic carbocycles. The van der Waals surface area contributed by atoms with Crippen molar-refractivity contribution in [2.75, 3.05) is 18.0 Å². The molecule has 17 heavy (non-hydrogen) atoms. The Hall–Kier alpha value is -1.71. The van der Waals surface area contributed by atoms with Gasteiger partial charge in [0, 0.05) is 24.3 Å². The highest BCUT2D eigenvalue weighted by Crippen LogP contribution is 2.25. The number of nitrogens with two attached hydrogens (primary N) is 1. The summed E-state index contributed by atoms with van der Waals surface area (Å²) in [7, 11) is 0. The quantitative estimate of drug-likeness (QED) is 0.363. The maximum atomic E-state index is 8.59. The molecule has 0 bridgehead atoms. The second kappa shape index (κ2) is 5.08. The summed E-state index contributed by atoms with van der Waals surface area (Å²) in [6.07, 6.45) is 2.52. The molecule has 1 aliphatic rings. The Bertz CT molecular complexity index is 400. The average Bonchev–Trinajstić information content (AvgIpc) is 2.87. The van der Waals surface area contributed by atoms with Crippen LogP contribution in [0.3, 0.4) is 0 Å². The molecule has 1 heterocycles. The minimum atomic E-state index is 0.157. The molecule has 1 aliphatic heterocycles. The van der Waals surface area contributed by atoms with Gasteiger partial charge in [0.15, 0.2) is 5.84 Å². The monoisotopic (exact) mass is 233 g/mol. The van der Waals surface area contributed by atoms with Gasteiger partial charge in [-0.1, -0.05) is 18.5 Å². The van der Waals surface area contributed by atoms with Crippen molar-refractivity contribution in [3.05, 3.63) is 29.8 Å². The van der Waals surface area contributed by atoms with E-state index < -0.39 is 0 Å². The van der Waals surface area contributed by atoms with E-state index in [-0.39, 0.29) is 5.84 Å². The van der Waals surface area contributed by atoms with E-state index in [0.29, 0.717) is 0 Å². The van der Waals surface area contributed by atoms with Crippen LogP contribution in [-0.4, -0.2) is 24.1 Å². The third-order valence-corrected chi connectivity index (χ3v) is 3.50. The van der Waals surface area contributed by atoms with Crippen LogP contribution in [0.5, 0.6) is 0 Å². The summed E-state index contributed by atoms with van der Waals surface area (Å²) in [4.78, 5) is 2.39. The van der Waals surface area contributed by atoms with Gasteiger partial charge in [0.2, 0.25) is 0 Å². The number of hydrogen-bond donors (Lipinski definition) is 2. The van der Waals surface area contributed by atoms with E-state index in [4.69, 9.17) is 10.9 Å². The molecule has 0 radical (unpaired) electrons. The van der Waals surface area contributed by atoms with E-state index in [1.807, 2.05) is 24.3 Å². The highest BCUT2D eigenvalue weighted by molar-refractivity contribution is 5.97. The second-order valence-corrected chi connectivity index (χ2v) is 4.54. The maximum absolute atomic E-state index is 8.59. The van der Waals surface area contributed by atoms with Crippen LogP contribution in [0.1, 0.15) is 25.3 Å². The van der Waals surface area contributed by atoms with E-state index in [9.17, 15) is 0 Å². The van der Waals surface area contributed by atoms with E-state index in [0.717, 1.165) is 24.6 Å². The number of benzene rings is 1. The van der Waals surface area contributed by atoms with Crippen LogP contribution in [0.2, 0.25) is 0 Å². The summed E-state index contributed by atoms with van der Waals surface area (Å²) in [6.45, 7) is 4.51. The van der Waals surface area contributed by atoms with Gasteiger partial charge in [0.25, 0.3) is 0 Å². The predicted octanol–water partition coefficient (Wildman–Crippen LogP) is 2.02.